The van der Waals surface area contributed by atoms with Crippen molar-refractivity contribution in [1.82, 2.24) is 9.97 Å². The van der Waals surface area contributed by atoms with Gasteiger partial charge in [0, 0.05) is 0 Å². The number of nitrogens with two attached hydrogens (primary N) is 1. The van der Waals surface area contributed by atoms with E-state index in [0.717, 1.165) is 6.07 Å². The summed E-state index contributed by atoms with van der Waals surface area (Å²) in [7, 11) is 0. The fourth-order valence-electron chi connectivity index (χ4n) is 1.28. The highest BCUT2D eigenvalue weighted by Gasteiger charge is 2.32. The van der Waals surface area contributed by atoms with Crippen LogP contribution < -0.4 is 15.2 Å². The molecule has 0 aliphatic heterocycles. The maximum Gasteiger partial charge on any atom is 0.573 e. The molecule has 0 fully saturated rings. The Morgan fingerprint density at radius 1 is 1.15 bits per heavy atom. The van der Waals surface area contributed by atoms with E-state index in [2.05, 4.69) is 14.7 Å². The molecule has 2 aromatic rings. The highest BCUT2D eigenvalue weighted by Crippen LogP contribution is 2.35. The molecule has 0 bridgehead atoms. The molecule has 0 aliphatic rings. The van der Waals surface area contributed by atoms with Gasteiger partial charge in [-0.15, -0.1) is 13.2 Å². The normalized spacial score (nSPS) is 11.2. The molecule has 1 heterocycles. The molecule has 9 heteroatoms. The molecule has 1 aromatic carbocycles. The Bertz CT molecular complexity index is 622. The average Bonchev–Trinajstić information content (AvgIpc) is 2.34. The van der Waals surface area contributed by atoms with Crippen LogP contribution in [0.25, 0.3) is 0 Å². The molecule has 5 nitrogen and oxygen atoms in total. The van der Waals surface area contributed by atoms with Gasteiger partial charge < -0.3 is 15.2 Å². The minimum Gasteiger partial charge on any atom is -0.433 e. The van der Waals surface area contributed by atoms with Crippen LogP contribution in [-0.2, 0) is 0 Å². The molecule has 0 amide bonds. The van der Waals surface area contributed by atoms with Gasteiger partial charge in [-0.1, -0.05) is 12.1 Å². The summed E-state index contributed by atoms with van der Waals surface area (Å²) >= 11 is 5.56. The first-order valence-electron chi connectivity index (χ1n) is 5.16. The summed E-state index contributed by atoms with van der Waals surface area (Å²) in [5.74, 6) is -0.886. The third-order valence-electron chi connectivity index (χ3n) is 2.03. The first-order chi connectivity index (χ1) is 9.35. The number of nitrogen functional groups attached to an aromatic ring is 1. The third kappa shape index (κ3) is 3.64. The number of para-hydroxylation sites is 2. The second-order valence-electron chi connectivity index (χ2n) is 3.50. The maximum atomic E-state index is 12.3. The zero-order valence-electron chi connectivity index (χ0n) is 9.69. The van der Waals surface area contributed by atoms with Crippen molar-refractivity contribution in [2.75, 3.05) is 5.73 Å². The van der Waals surface area contributed by atoms with Crippen LogP contribution in [0.4, 0.5) is 18.9 Å². The van der Waals surface area contributed by atoms with Gasteiger partial charge in [-0.3, -0.25) is 0 Å². The number of hydrogen-bond donors (Lipinski definition) is 1. The number of benzene rings is 1. The largest absolute Gasteiger partial charge is 0.573 e. The summed E-state index contributed by atoms with van der Waals surface area (Å²) in [6.07, 6.45) is -3.66. The van der Waals surface area contributed by atoms with E-state index in [1.165, 1.54) is 24.4 Å². The molecule has 0 spiro atoms. The quantitative estimate of drug-likeness (QED) is 0.880. The number of halogens is 4. The smallest absolute Gasteiger partial charge is 0.433 e. The van der Waals surface area contributed by atoms with Gasteiger partial charge in [-0.25, -0.2) is 4.98 Å². The van der Waals surface area contributed by atoms with Crippen molar-refractivity contribution in [3.8, 4) is 17.4 Å². The Morgan fingerprint density at radius 3 is 2.45 bits per heavy atom. The Hall–Kier alpha value is -2.22. The lowest BCUT2D eigenvalue weighted by Crippen LogP contribution is -2.17. The van der Waals surface area contributed by atoms with Gasteiger partial charge in [0.15, 0.2) is 11.5 Å². The van der Waals surface area contributed by atoms with E-state index in [4.69, 9.17) is 22.1 Å². The lowest BCUT2D eigenvalue weighted by molar-refractivity contribution is -0.275. The predicted molar refractivity (Wildman–Crippen MR) is 64.7 cm³/mol. The van der Waals surface area contributed by atoms with Crippen LogP contribution in [0.1, 0.15) is 0 Å². The molecule has 1 aromatic heterocycles. The van der Waals surface area contributed by atoms with E-state index < -0.39 is 12.1 Å². The molecule has 20 heavy (non-hydrogen) atoms. The van der Waals surface area contributed by atoms with Crippen molar-refractivity contribution in [2.45, 2.75) is 6.36 Å². The zero-order valence-corrected chi connectivity index (χ0v) is 10.4. The zero-order chi connectivity index (χ0) is 14.8. The van der Waals surface area contributed by atoms with Crippen molar-refractivity contribution >= 4 is 17.3 Å². The van der Waals surface area contributed by atoms with Gasteiger partial charge in [0.25, 0.3) is 0 Å². The number of alkyl halides is 3. The lowest BCUT2D eigenvalue weighted by atomic mass is 10.3. The Kier molecular flexibility index (Phi) is 3.84. The Morgan fingerprint density at radius 2 is 1.80 bits per heavy atom. The summed E-state index contributed by atoms with van der Waals surface area (Å²) in [5, 5.41) is -0.150. The lowest BCUT2D eigenvalue weighted by Gasteiger charge is -2.13. The topological polar surface area (TPSA) is 70.3 Å². The van der Waals surface area contributed by atoms with E-state index in [-0.39, 0.29) is 22.6 Å². The summed E-state index contributed by atoms with van der Waals surface area (Å²) < 4.78 is 45.8. The fourth-order valence-corrected chi connectivity index (χ4v) is 1.41. The number of nitrogens with zero attached hydrogens (tertiary/aromatic N) is 2. The molecule has 0 saturated carbocycles. The number of ether oxygens (including phenoxy) is 2. The van der Waals surface area contributed by atoms with E-state index in [0.29, 0.717) is 0 Å². The maximum absolute atomic E-state index is 12.3. The summed E-state index contributed by atoms with van der Waals surface area (Å²) in [6.45, 7) is 0. The summed E-state index contributed by atoms with van der Waals surface area (Å²) in [5.41, 5.74) is 5.57. The minimum absolute atomic E-state index is 0.0243. The fraction of sp³-hybridized carbons (Fsp3) is 0.0909. The van der Waals surface area contributed by atoms with Gasteiger partial charge >= 0.3 is 6.36 Å². The van der Waals surface area contributed by atoms with Crippen LogP contribution in [-0.4, -0.2) is 16.3 Å². The van der Waals surface area contributed by atoms with Crippen molar-refractivity contribution in [2.24, 2.45) is 0 Å². The first-order valence-corrected chi connectivity index (χ1v) is 5.53. The summed E-state index contributed by atoms with van der Waals surface area (Å²) in [6, 6.07) is 5.21. The van der Waals surface area contributed by atoms with Crippen molar-refractivity contribution in [1.29, 1.82) is 0 Å². The molecule has 0 saturated heterocycles. The van der Waals surface area contributed by atoms with Gasteiger partial charge in [-0.2, -0.15) is 4.98 Å². The minimum atomic E-state index is -4.84. The highest BCUT2D eigenvalue weighted by atomic mass is 35.5. The molecule has 106 valence electrons. The first kappa shape index (κ1) is 14.2. The third-order valence-corrected chi connectivity index (χ3v) is 2.21. The Balaban J connectivity index is 2.32. The second-order valence-corrected chi connectivity index (χ2v) is 3.83. The average molecular weight is 306 g/mol. The van der Waals surface area contributed by atoms with Gasteiger partial charge in [0.1, 0.15) is 5.69 Å². The van der Waals surface area contributed by atoms with Crippen LogP contribution in [0.5, 0.6) is 17.4 Å². The molecular weight excluding hydrogens is 299 g/mol. The predicted octanol–water partition coefficient (Wildman–Crippen LogP) is 3.40. The number of aromatic nitrogens is 2. The van der Waals surface area contributed by atoms with Gasteiger partial charge in [0.05, 0.1) is 6.20 Å². The van der Waals surface area contributed by atoms with E-state index in [1.807, 2.05) is 0 Å². The molecular formula is C11H7ClF3N3O2. The molecule has 2 rings (SSSR count). The van der Waals surface area contributed by atoms with Crippen LogP contribution in [0.2, 0.25) is 5.28 Å². The number of rotatable bonds is 3. The Labute approximate surface area is 116 Å². The van der Waals surface area contributed by atoms with Crippen molar-refractivity contribution in [3.05, 3.63) is 35.7 Å². The molecule has 0 aliphatic carbocycles. The summed E-state index contributed by atoms with van der Waals surface area (Å²) in [4.78, 5) is 7.28. The van der Waals surface area contributed by atoms with Crippen LogP contribution in [0, 0.1) is 0 Å². The van der Waals surface area contributed by atoms with Crippen LogP contribution in [0.3, 0.4) is 0 Å². The van der Waals surface area contributed by atoms with Crippen molar-refractivity contribution in [3.63, 3.8) is 0 Å². The number of hydrogen-bond acceptors (Lipinski definition) is 5. The SMILES string of the molecule is Nc1cnc(Cl)nc1Oc1ccccc1OC(F)(F)F. The van der Waals surface area contributed by atoms with E-state index >= 15 is 0 Å². The molecule has 0 radical (unpaired) electrons. The molecule has 2 N–H and O–H groups in total. The molecule has 0 atom stereocenters. The molecule has 0 unspecified atom stereocenters. The van der Waals surface area contributed by atoms with Gasteiger partial charge in [-0.05, 0) is 23.7 Å². The highest BCUT2D eigenvalue weighted by molar-refractivity contribution is 6.28. The van der Waals surface area contributed by atoms with Gasteiger partial charge in [0.2, 0.25) is 11.2 Å². The van der Waals surface area contributed by atoms with Crippen molar-refractivity contribution < 1.29 is 22.6 Å². The monoisotopic (exact) mass is 305 g/mol. The van der Waals surface area contributed by atoms with Crippen LogP contribution in [0.15, 0.2) is 30.5 Å². The van der Waals surface area contributed by atoms with Crippen LogP contribution >= 0.6 is 11.6 Å². The standard InChI is InChI=1S/C11H7ClF3N3O2/c12-10-17-5-6(16)9(18-10)19-7-3-1-2-4-8(7)20-11(13,14)15/h1-5H,16H2. The number of anilines is 1. The van der Waals surface area contributed by atoms with E-state index in [1.54, 1.807) is 0 Å². The second kappa shape index (κ2) is 5.41. The van der Waals surface area contributed by atoms with E-state index in [9.17, 15) is 13.2 Å².